The van der Waals surface area contributed by atoms with Crippen molar-refractivity contribution in [1.82, 2.24) is 15.1 Å². The maximum Gasteiger partial charge on any atom is 0.436 e. The second kappa shape index (κ2) is 8.02. The van der Waals surface area contributed by atoms with Gasteiger partial charge in [0.25, 0.3) is 0 Å². The van der Waals surface area contributed by atoms with Crippen molar-refractivity contribution >= 4 is 21.8 Å². The molecule has 1 saturated carbocycles. The van der Waals surface area contributed by atoms with E-state index in [2.05, 4.69) is 26.3 Å². The van der Waals surface area contributed by atoms with E-state index in [4.69, 9.17) is 9.47 Å². The van der Waals surface area contributed by atoms with Crippen LogP contribution in [0, 0.1) is 0 Å². The molecule has 10 heteroatoms. The van der Waals surface area contributed by atoms with Crippen molar-refractivity contribution in [2.45, 2.75) is 38.0 Å². The van der Waals surface area contributed by atoms with Gasteiger partial charge in [0.15, 0.2) is 17.2 Å². The second-order valence-electron chi connectivity index (χ2n) is 6.44. The van der Waals surface area contributed by atoms with Crippen molar-refractivity contribution in [3.8, 4) is 11.5 Å². The third kappa shape index (κ3) is 4.43. The maximum atomic E-state index is 13.1. The highest BCUT2D eigenvalue weighted by atomic mass is 79.9. The Morgan fingerprint density at radius 2 is 1.96 bits per heavy atom. The number of nitrogens with zero attached hydrogens (tertiary/aromatic N) is 2. The molecule has 1 heterocycles. The van der Waals surface area contributed by atoms with E-state index >= 15 is 0 Å². The van der Waals surface area contributed by atoms with Crippen LogP contribution in [0.2, 0.25) is 0 Å². The van der Waals surface area contributed by atoms with E-state index in [0.717, 1.165) is 23.1 Å². The third-order valence-corrected chi connectivity index (χ3v) is 5.18. The number of aromatic nitrogens is 2. The molecule has 0 radical (unpaired) electrons. The molecular weight excluding hydrogens is 443 g/mol. The van der Waals surface area contributed by atoms with Crippen molar-refractivity contribution in [2.24, 2.45) is 0 Å². The molecule has 152 valence electrons. The number of halogens is 4. The van der Waals surface area contributed by atoms with Gasteiger partial charge in [0.05, 0.1) is 24.4 Å². The van der Waals surface area contributed by atoms with Crippen LogP contribution in [0.4, 0.5) is 13.2 Å². The summed E-state index contributed by atoms with van der Waals surface area (Å²) in [5.41, 5.74) is 0.196. The number of hydrogen-bond acceptors (Lipinski definition) is 4. The van der Waals surface area contributed by atoms with E-state index in [1.165, 1.54) is 14.2 Å². The largest absolute Gasteiger partial charge is 0.493 e. The molecule has 0 aliphatic heterocycles. The van der Waals surface area contributed by atoms with Crippen molar-refractivity contribution in [3.05, 3.63) is 39.6 Å². The number of nitrogens with one attached hydrogen (secondary N) is 1. The lowest BCUT2D eigenvalue weighted by molar-refractivity contribution is -0.142. The fourth-order valence-corrected chi connectivity index (χ4v) is 3.72. The molecule has 1 N–H and O–H groups in total. The van der Waals surface area contributed by atoms with E-state index in [1.54, 1.807) is 18.2 Å². The molecule has 0 atom stereocenters. The summed E-state index contributed by atoms with van der Waals surface area (Å²) in [7, 11) is 3.03. The first-order valence-electron chi connectivity index (χ1n) is 8.55. The molecule has 1 aliphatic rings. The fourth-order valence-electron chi connectivity index (χ4n) is 2.88. The van der Waals surface area contributed by atoms with E-state index in [9.17, 15) is 18.0 Å². The number of alkyl halides is 3. The molecule has 28 heavy (non-hydrogen) atoms. The Kier molecular flexibility index (Phi) is 5.87. The van der Waals surface area contributed by atoms with Crippen LogP contribution in [0.25, 0.3) is 0 Å². The van der Waals surface area contributed by atoms with Crippen LogP contribution in [-0.4, -0.2) is 29.9 Å². The number of amides is 1. The number of rotatable bonds is 7. The summed E-state index contributed by atoms with van der Waals surface area (Å²) in [5, 5.41) is 6.33. The van der Waals surface area contributed by atoms with E-state index in [-0.39, 0.29) is 23.5 Å². The summed E-state index contributed by atoms with van der Waals surface area (Å²) in [6.45, 7) is -0.0830. The molecule has 3 rings (SSSR count). The molecule has 1 aromatic heterocycles. The lowest BCUT2D eigenvalue weighted by Crippen LogP contribution is -2.28. The van der Waals surface area contributed by atoms with Gasteiger partial charge in [-0.15, -0.1) is 0 Å². The number of methoxy groups -OCH3 is 2. The summed E-state index contributed by atoms with van der Waals surface area (Å²) in [5.74, 6) is 0.654. The van der Waals surface area contributed by atoms with Gasteiger partial charge in [-0.1, -0.05) is 6.07 Å². The summed E-state index contributed by atoms with van der Waals surface area (Å²) >= 11 is 3.01. The van der Waals surface area contributed by atoms with Crippen LogP contribution in [0.3, 0.4) is 0 Å². The van der Waals surface area contributed by atoms with Gasteiger partial charge < -0.3 is 14.8 Å². The molecule has 1 amide bonds. The lowest BCUT2D eigenvalue weighted by Gasteiger charge is -2.11. The van der Waals surface area contributed by atoms with Crippen LogP contribution in [0.5, 0.6) is 11.5 Å². The first-order valence-corrected chi connectivity index (χ1v) is 9.35. The first kappa shape index (κ1) is 20.5. The average Bonchev–Trinajstić information content (AvgIpc) is 3.42. The minimum absolute atomic E-state index is 0.00313. The Morgan fingerprint density at radius 3 is 2.54 bits per heavy atom. The highest BCUT2D eigenvalue weighted by molar-refractivity contribution is 9.10. The first-order chi connectivity index (χ1) is 13.2. The SMILES string of the molecule is COc1ccc(CNC(=O)Cn2nc(C(F)(F)F)c(Br)c2C2CC2)cc1OC. The molecule has 0 unspecified atom stereocenters. The summed E-state index contributed by atoms with van der Waals surface area (Å²) < 4.78 is 50.9. The van der Waals surface area contributed by atoms with Crippen molar-refractivity contribution in [1.29, 1.82) is 0 Å². The average molecular weight is 462 g/mol. The van der Waals surface area contributed by atoms with Crippen LogP contribution in [0.1, 0.15) is 35.7 Å². The zero-order valence-corrected chi connectivity index (χ0v) is 16.9. The predicted octanol–water partition coefficient (Wildman–Crippen LogP) is 3.88. The lowest BCUT2D eigenvalue weighted by atomic mass is 10.2. The number of benzene rings is 1. The highest BCUT2D eigenvalue weighted by Crippen LogP contribution is 2.46. The molecule has 0 bridgehead atoms. The Bertz CT molecular complexity index is 879. The van der Waals surface area contributed by atoms with Gasteiger partial charge >= 0.3 is 6.18 Å². The number of hydrogen-bond donors (Lipinski definition) is 1. The Balaban J connectivity index is 1.70. The van der Waals surface area contributed by atoms with E-state index < -0.39 is 17.8 Å². The summed E-state index contributed by atoms with van der Waals surface area (Å²) in [6.07, 6.45) is -3.01. The summed E-state index contributed by atoms with van der Waals surface area (Å²) in [6, 6.07) is 5.20. The Hall–Kier alpha value is -2.23. The third-order valence-electron chi connectivity index (χ3n) is 4.40. The number of carbonyl (C=O) groups excluding carboxylic acids is 1. The van der Waals surface area contributed by atoms with Crippen molar-refractivity contribution in [2.75, 3.05) is 14.2 Å². The van der Waals surface area contributed by atoms with Crippen LogP contribution in [0.15, 0.2) is 22.7 Å². The standard InChI is InChI=1S/C18H19BrF3N3O3/c1-27-12-6-3-10(7-13(12)28-2)8-23-14(26)9-25-16(11-4-5-11)15(19)17(24-25)18(20,21)22/h3,6-7,11H,4-5,8-9H2,1-2H3,(H,23,26). The second-order valence-corrected chi connectivity index (χ2v) is 7.24. The van der Waals surface area contributed by atoms with Crippen molar-refractivity contribution in [3.63, 3.8) is 0 Å². The van der Waals surface area contributed by atoms with E-state index in [0.29, 0.717) is 17.2 Å². The Labute approximate surface area is 168 Å². The number of carbonyl (C=O) groups is 1. The van der Waals surface area contributed by atoms with Gasteiger partial charge in [-0.25, -0.2) is 0 Å². The molecule has 0 spiro atoms. The quantitative estimate of drug-likeness (QED) is 0.679. The van der Waals surface area contributed by atoms with Crippen LogP contribution in [-0.2, 0) is 24.1 Å². The smallest absolute Gasteiger partial charge is 0.436 e. The van der Waals surface area contributed by atoms with Gasteiger partial charge in [-0.2, -0.15) is 18.3 Å². The molecule has 1 aliphatic carbocycles. The van der Waals surface area contributed by atoms with E-state index in [1.807, 2.05) is 0 Å². The zero-order valence-electron chi connectivity index (χ0n) is 15.3. The van der Waals surface area contributed by atoms with Gasteiger partial charge in [-0.05, 0) is 46.5 Å². The zero-order chi connectivity index (χ0) is 20.5. The summed E-state index contributed by atoms with van der Waals surface area (Å²) in [4.78, 5) is 12.3. The van der Waals surface area contributed by atoms with Crippen molar-refractivity contribution < 1.29 is 27.4 Å². The predicted molar refractivity (Wildman–Crippen MR) is 98.3 cm³/mol. The molecular formula is C18H19BrF3N3O3. The normalized spacial score (nSPS) is 14.1. The number of ether oxygens (including phenoxy) is 2. The van der Waals surface area contributed by atoms with Gasteiger partial charge in [0.2, 0.25) is 5.91 Å². The molecule has 2 aromatic rings. The minimum Gasteiger partial charge on any atom is -0.493 e. The van der Waals surface area contributed by atoms with Gasteiger partial charge in [-0.3, -0.25) is 9.48 Å². The highest BCUT2D eigenvalue weighted by Gasteiger charge is 2.41. The maximum absolute atomic E-state index is 13.1. The molecule has 0 saturated heterocycles. The molecule has 1 aromatic carbocycles. The van der Waals surface area contributed by atoms with Crippen LogP contribution < -0.4 is 14.8 Å². The van der Waals surface area contributed by atoms with Gasteiger partial charge in [0.1, 0.15) is 6.54 Å². The topological polar surface area (TPSA) is 65.4 Å². The molecule has 1 fully saturated rings. The minimum atomic E-state index is -4.58. The van der Waals surface area contributed by atoms with Crippen LogP contribution >= 0.6 is 15.9 Å². The Morgan fingerprint density at radius 1 is 1.29 bits per heavy atom. The fraction of sp³-hybridized carbons (Fsp3) is 0.444. The van der Waals surface area contributed by atoms with Gasteiger partial charge in [0, 0.05) is 12.5 Å². The molecule has 6 nitrogen and oxygen atoms in total. The monoisotopic (exact) mass is 461 g/mol.